The van der Waals surface area contributed by atoms with Crippen molar-refractivity contribution in [1.29, 1.82) is 0 Å². The molecule has 1 aromatic heterocycles. The number of amides is 1. The number of aryl methyl sites for hydroxylation is 1. The Morgan fingerprint density at radius 1 is 1.45 bits per heavy atom. The lowest BCUT2D eigenvalue weighted by Gasteiger charge is -2.10. The van der Waals surface area contributed by atoms with Gasteiger partial charge in [-0.25, -0.2) is 17.9 Å². The zero-order valence-corrected chi connectivity index (χ0v) is 11.5. The Morgan fingerprint density at radius 2 is 2.00 bits per heavy atom. The van der Waals surface area contributed by atoms with E-state index in [-0.39, 0.29) is 0 Å². The zero-order valence-electron chi connectivity index (χ0n) is 10.7. The molecule has 0 spiro atoms. The standard InChI is InChI=1S/C9H14N4O6S/c1-12-4-6(8(16)13(2)9(12)17)20(18,19)11-3-5(14)7(10)15/h4-5,11,14H,3H2,1-2H3,(H2,10,15). The molecule has 0 radical (unpaired) electrons. The number of aliphatic hydroxyl groups is 1. The number of primary amides is 1. The van der Waals surface area contributed by atoms with Crippen molar-refractivity contribution in [2.75, 3.05) is 6.54 Å². The summed E-state index contributed by atoms with van der Waals surface area (Å²) >= 11 is 0. The van der Waals surface area contributed by atoms with E-state index in [1.165, 1.54) is 7.05 Å². The number of carbonyl (C=O) groups excluding carboxylic acids is 1. The van der Waals surface area contributed by atoms with E-state index in [4.69, 9.17) is 10.8 Å². The second-order valence-corrected chi connectivity index (χ2v) is 5.76. The highest BCUT2D eigenvalue weighted by Crippen LogP contribution is 1.99. The van der Waals surface area contributed by atoms with Gasteiger partial charge in [-0.15, -0.1) is 0 Å². The SMILES string of the molecule is Cn1cc(S(=O)(=O)NCC(O)C(N)=O)c(=O)n(C)c1=O. The third-order valence-corrected chi connectivity index (χ3v) is 3.91. The van der Waals surface area contributed by atoms with Gasteiger partial charge < -0.3 is 15.4 Å². The maximum absolute atomic E-state index is 11.9. The minimum absolute atomic E-state index is 0.624. The molecule has 0 saturated heterocycles. The molecule has 4 N–H and O–H groups in total. The fourth-order valence-corrected chi connectivity index (χ4v) is 2.52. The van der Waals surface area contributed by atoms with Crippen LogP contribution in [0.4, 0.5) is 0 Å². The predicted molar refractivity (Wildman–Crippen MR) is 67.3 cm³/mol. The van der Waals surface area contributed by atoms with Crippen LogP contribution in [0, 0.1) is 0 Å². The number of carbonyl (C=O) groups is 1. The van der Waals surface area contributed by atoms with Gasteiger partial charge >= 0.3 is 5.69 Å². The Morgan fingerprint density at radius 3 is 2.50 bits per heavy atom. The molecule has 0 aliphatic carbocycles. The van der Waals surface area contributed by atoms with Gasteiger partial charge in [0.15, 0.2) is 4.90 Å². The first-order valence-electron chi connectivity index (χ1n) is 5.31. The molecule has 20 heavy (non-hydrogen) atoms. The van der Waals surface area contributed by atoms with E-state index in [1.54, 1.807) is 0 Å². The molecule has 1 atom stereocenters. The summed E-state index contributed by atoms with van der Waals surface area (Å²) in [6.07, 6.45) is -0.870. The van der Waals surface area contributed by atoms with Crippen molar-refractivity contribution in [3.8, 4) is 0 Å². The summed E-state index contributed by atoms with van der Waals surface area (Å²) in [5, 5.41) is 9.12. The lowest BCUT2D eigenvalue weighted by Crippen LogP contribution is -2.44. The van der Waals surface area contributed by atoms with Crippen LogP contribution in [-0.2, 0) is 28.9 Å². The summed E-state index contributed by atoms with van der Waals surface area (Å²) in [5.74, 6) is -1.11. The number of hydrogen-bond donors (Lipinski definition) is 3. The summed E-state index contributed by atoms with van der Waals surface area (Å²) in [5.41, 5.74) is 3.06. The predicted octanol–water partition coefficient (Wildman–Crippen LogP) is -3.79. The second kappa shape index (κ2) is 5.56. The molecule has 1 unspecified atom stereocenters. The molecule has 0 aliphatic heterocycles. The van der Waals surface area contributed by atoms with E-state index in [9.17, 15) is 22.8 Å². The molecule has 1 rings (SSSR count). The van der Waals surface area contributed by atoms with E-state index < -0.39 is 44.7 Å². The van der Waals surface area contributed by atoms with E-state index in [2.05, 4.69) is 0 Å². The summed E-state index contributed by atoms with van der Waals surface area (Å²) in [7, 11) is -1.89. The smallest absolute Gasteiger partial charge is 0.330 e. The lowest BCUT2D eigenvalue weighted by molar-refractivity contribution is -0.125. The number of aliphatic hydroxyl groups excluding tert-OH is 1. The third kappa shape index (κ3) is 3.12. The Bertz CT molecular complexity index is 747. The van der Waals surface area contributed by atoms with Gasteiger partial charge in [-0.1, -0.05) is 0 Å². The molecular formula is C9H14N4O6S. The first-order valence-corrected chi connectivity index (χ1v) is 6.80. The van der Waals surface area contributed by atoms with Crippen LogP contribution in [0.2, 0.25) is 0 Å². The number of nitrogens with one attached hydrogen (secondary N) is 1. The number of aromatic nitrogens is 2. The van der Waals surface area contributed by atoms with E-state index in [1.807, 2.05) is 4.72 Å². The van der Waals surface area contributed by atoms with E-state index >= 15 is 0 Å². The second-order valence-electron chi connectivity index (χ2n) is 4.02. The van der Waals surface area contributed by atoms with E-state index in [0.717, 1.165) is 17.8 Å². The highest BCUT2D eigenvalue weighted by atomic mass is 32.2. The van der Waals surface area contributed by atoms with Crippen LogP contribution in [0.25, 0.3) is 0 Å². The van der Waals surface area contributed by atoms with E-state index in [0.29, 0.717) is 4.57 Å². The fraction of sp³-hybridized carbons (Fsp3) is 0.444. The molecule has 10 nitrogen and oxygen atoms in total. The maximum Gasteiger partial charge on any atom is 0.330 e. The molecule has 0 fully saturated rings. The summed E-state index contributed by atoms with van der Waals surface area (Å²) in [4.78, 5) is 33.1. The van der Waals surface area contributed by atoms with Gasteiger partial charge in [0.05, 0.1) is 0 Å². The molecule has 0 bridgehead atoms. The maximum atomic E-state index is 11.9. The minimum Gasteiger partial charge on any atom is -0.382 e. The molecule has 1 heterocycles. The van der Waals surface area contributed by atoms with Crippen LogP contribution in [0.5, 0.6) is 0 Å². The normalized spacial score (nSPS) is 13.2. The van der Waals surface area contributed by atoms with Crippen molar-refractivity contribution in [3.63, 3.8) is 0 Å². The van der Waals surface area contributed by atoms with Gasteiger partial charge in [-0.2, -0.15) is 0 Å². The number of nitrogens with zero attached hydrogens (tertiary/aromatic N) is 2. The van der Waals surface area contributed by atoms with Gasteiger partial charge in [0.1, 0.15) is 6.10 Å². The van der Waals surface area contributed by atoms with Gasteiger partial charge in [0, 0.05) is 26.8 Å². The topological polar surface area (TPSA) is 153 Å². The van der Waals surface area contributed by atoms with Crippen LogP contribution in [-0.4, -0.2) is 41.2 Å². The average Bonchev–Trinajstić information content (AvgIpc) is 2.37. The fourth-order valence-electron chi connectivity index (χ4n) is 1.33. The Balaban J connectivity index is 3.21. The number of hydrogen-bond acceptors (Lipinski definition) is 6. The lowest BCUT2D eigenvalue weighted by atomic mass is 10.3. The van der Waals surface area contributed by atoms with Gasteiger partial charge in [0.2, 0.25) is 15.9 Å². The van der Waals surface area contributed by atoms with Crippen LogP contribution in [0.3, 0.4) is 0 Å². The molecule has 1 aromatic rings. The van der Waals surface area contributed by atoms with Crippen LogP contribution in [0.1, 0.15) is 0 Å². The van der Waals surface area contributed by atoms with Crippen LogP contribution >= 0.6 is 0 Å². The Hall–Kier alpha value is -1.98. The Kier molecular flexibility index (Phi) is 4.47. The minimum atomic E-state index is -4.29. The van der Waals surface area contributed by atoms with Crippen LogP contribution < -0.4 is 21.7 Å². The van der Waals surface area contributed by atoms with Crippen molar-refractivity contribution in [2.45, 2.75) is 11.0 Å². The first kappa shape index (κ1) is 16.1. The third-order valence-electron chi connectivity index (χ3n) is 2.50. The Labute approximate surface area is 113 Å². The molecular weight excluding hydrogens is 292 g/mol. The number of rotatable bonds is 5. The highest BCUT2D eigenvalue weighted by molar-refractivity contribution is 7.89. The molecule has 0 aromatic carbocycles. The van der Waals surface area contributed by atoms with Crippen molar-refractivity contribution in [1.82, 2.24) is 13.9 Å². The zero-order chi connectivity index (χ0) is 15.7. The average molecular weight is 306 g/mol. The molecule has 0 aliphatic rings. The molecule has 11 heteroatoms. The molecule has 1 amide bonds. The van der Waals surface area contributed by atoms with Gasteiger partial charge in [-0.3, -0.25) is 14.2 Å². The molecule has 0 saturated carbocycles. The largest absolute Gasteiger partial charge is 0.382 e. The van der Waals surface area contributed by atoms with Gasteiger partial charge in [0.25, 0.3) is 5.56 Å². The highest BCUT2D eigenvalue weighted by Gasteiger charge is 2.23. The van der Waals surface area contributed by atoms with Crippen molar-refractivity contribution >= 4 is 15.9 Å². The first-order chi connectivity index (χ1) is 9.08. The summed E-state index contributed by atoms with van der Waals surface area (Å²) < 4.78 is 27.2. The monoisotopic (exact) mass is 306 g/mol. The van der Waals surface area contributed by atoms with Crippen molar-refractivity contribution < 1.29 is 18.3 Å². The van der Waals surface area contributed by atoms with Crippen molar-refractivity contribution in [2.24, 2.45) is 19.8 Å². The summed E-state index contributed by atoms with van der Waals surface area (Å²) in [6, 6.07) is 0. The molecule has 112 valence electrons. The van der Waals surface area contributed by atoms with Crippen molar-refractivity contribution in [3.05, 3.63) is 27.0 Å². The van der Waals surface area contributed by atoms with Crippen LogP contribution in [0.15, 0.2) is 20.7 Å². The summed E-state index contributed by atoms with van der Waals surface area (Å²) in [6.45, 7) is -0.677. The number of sulfonamides is 1. The number of nitrogens with two attached hydrogens (primary N) is 1. The van der Waals surface area contributed by atoms with Gasteiger partial charge in [-0.05, 0) is 0 Å². The quantitative estimate of drug-likeness (QED) is 0.507.